The molecule has 28 heavy (non-hydrogen) atoms. The molecule has 5 atom stereocenters. The standard InChI is InChI=1S/C18H19N5O5/c1-7-12(22-4-8(22)3-19)15(25)11-9(6-28-17(20)26)18(27-2)16-10(21-16)5-23(18)13(11)14(7)24/h8-10,16,21H,4-6H2,1-2H3,(H2,20,26)/t8?,9-,10+,16+,18?,22?/m0/s1. The Balaban J connectivity index is 1.61. The largest absolute Gasteiger partial charge is 0.449 e. The fourth-order valence-corrected chi connectivity index (χ4v) is 5.12. The summed E-state index contributed by atoms with van der Waals surface area (Å²) in [5.74, 6) is -1.23. The summed E-state index contributed by atoms with van der Waals surface area (Å²) in [6.07, 6.45) is -0.956. The Kier molecular flexibility index (Phi) is 3.28. The van der Waals surface area contributed by atoms with Crippen molar-refractivity contribution in [3.63, 3.8) is 0 Å². The quantitative estimate of drug-likeness (QED) is 0.440. The molecule has 4 aliphatic heterocycles. The Morgan fingerprint density at radius 2 is 2.11 bits per heavy atom. The van der Waals surface area contributed by atoms with Gasteiger partial charge in [-0.1, -0.05) is 0 Å². The van der Waals surface area contributed by atoms with Crippen LogP contribution in [0.25, 0.3) is 0 Å². The van der Waals surface area contributed by atoms with Crippen LogP contribution >= 0.6 is 0 Å². The zero-order valence-corrected chi connectivity index (χ0v) is 15.4. The maximum Gasteiger partial charge on any atom is 0.404 e. The number of hydrogen-bond acceptors (Lipinski definition) is 9. The van der Waals surface area contributed by atoms with E-state index >= 15 is 0 Å². The highest BCUT2D eigenvalue weighted by Crippen LogP contribution is 2.56. The molecule has 0 aromatic heterocycles. The third kappa shape index (κ3) is 1.90. The van der Waals surface area contributed by atoms with E-state index in [2.05, 4.69) is 11.4 Å². The molecule has 0 radical (unpaired) electrons. The third-order valence-corrected chi connectivity index (χ3v) is 6.44. The molecule has 1 amide bonds. The summed E-state index contributed by atoms with van der Waals surface area (Å²) >= 11 is 0. The summed E-state index contributed by atoms with van der Waals surface area (Å²) in [6, 6.07) is 1.77. The number of nitriles is 1. The van der Waals surface area contributed by atoms with E-state index in [1.54, 1.807) is 11.8 Å². The van der Waals surface area contributed by atoms with E-state index in [0.29, 0.717) is 24.4 Å². The highest BCUT2D eigenvalue weighted by Gasteiger charge is 2.73. The van der Waals surface area contributed by atoms with Crippen molar-refractivity contribution < 1.29 is 23.9 Å². The average molecular weight is 385 g/mol. The summed E-state index contributed by atoms with van der Waals surface area (Å²) in [6.45, 7) is 2.38. The maximum atomic E-state index is 13.5. The van der Waals surface area contributed by atoms with Gasteiger partial charge in [0.2, 0.25) is 11.6 Å². The predicted octanol–water partition coefficient (Wildman–Crippen LogP) is -1.40. The van der Waals surface area contributed by atoms with Gasteiger partial charge >= 0.3 is 6.09 Å². The first-order valence-electron chi connectivity index (χ1n) is 9.08. The number of Topliss-reactive ketones (excluding diaryl/α,β-unsaturated/α-hetero) is 2. The molecule has 1 aliphatic carbocycles. The number of primary amides is 1. The number of methoxy groups -OCH3 is 1. The minimum absolute atomic E-state index is 0.0815. The zero-order chi connectivity index (χ0) is 20.0. The number of ketones is 2. The first kappa shape index (κ1) is 17.2. The predicted molar refractivity (Wildman–Crippen MR) is 92.0 cm³/mol. The van der Waals surface area contributed by atoms with Crippen molar-refractivity contribution in [2.24, 2.45) is 11.7 Å². The van der Waals surface area contributed by atoms with Crippen molar-refractivity contribution in [3.8, 4) is 6.07 Å². The van der Waals surface area contributed by atoms with Gasteiger partial charge in [-0.25, -0.2) is 4.79 Å². The van der Waals surface area contributed by atoms with Gasteiger partial charge in [-0.3, -0.25) is 9.59 Å². The second-order valence-electron chi connectivity index (χ2n) is 7.69. The van der Waals surface area contributed by atoms with E-state index < -0.39 is 23.8 Å². The molecule has 2 unspecified atom stereocenters. The molecule has 3 saturated heterocycles. The van der Waals surface area contributed by atoms with Crippen LogP contribution in [0.1, 0.15) is 6.92 Å². The van der Waals surface area contributed by atoms with Crippen molar-refractivity contribution in [1.82, 2.24) is 15.1 Å². The molecule has 0 spiro atoms. The van der Waals surface area contributed by atoms with E-state index in [9.17, 15) is 14.4 Å². The van der Waals surface area contributed by atoms with Gasteiger partial charge in [0.25, 0.3) is 0 Å². The normalized spacial score (nSPS) is 37.6. The molecule has 5 rings (SSSR count). The lowest BCUT2D eigenvalue weighted by Crippen LogP contribution is -2.55. The molecule has 0 aromatic carbocycles. The summed E-state index contributed by atoms with van der Waals surface area (Å²) in [7, 11) is 1.53. The van der Waals surface area contributed by atoms with E-state index in [1.165, 1.54) is 7.11 Å². The first-order chi connectivity index (χ1) is 13.4. The zero-order valence-electron chi connectivity index (χ0n) is 15.4. The van der Waals surface area contributed by atoms with Crippen LogP contribution in [0.5, 0.6) is 0 Å². The summed E-state index contributed by atoms with van der Waals surface area (Å²) < 4.78 is 11.0. The number of carbonyl (C=O) groups is 3. The summed E-state index contributed by atoms with van der Waals surface area (Å²) in [5, 5.41) is 12.5. The van der Waals surface area contributed by atoms with Crippen molar-refractivity contribution >= 4 is 17.7 Å². The van der Waals surface area contributed by atoms with Crippen molar-refractivity contribution in [3.05, 3.63) is 22.5 Å². The lowest BCUT2D eigenvalue weighted by Gasteiger charge is -2.39. The number of ether oxygens (including phenoxy) is 2. The Bertz CT molecular complexity index is 949. The topological polar surface area (TPSA) is 148 Å². The monoisotopic (exact) mass is 385 g/mol. The molecular formula is C18H19N5O5. The smallest absolute Gasteiger partial charge is 0.404 e. The van der Waals surface area contributed by atoms with E-state index in [0.717, 1.165) is 0 Å². The van der Waals surface area contributed by atoms with Crippen LogP contribution in [0.15, 0.2) is 22.5 Å². The molecular weight excluding hydrogens is 366 g/mol. The van der Waals surface area contributed by atoms with Gasteiger partial charge in [-0.15, -0.1) is 0 Å². The molecule has 3 fully saturated rings. The van der Waals surface area contributed by atoms with Gasteiger partial charge in [-0.05, 0) is 6.92 Å². The van der Waals surface area contributed by atoms with Gasteiger partial charge in [0.15, 0.2) is 5.72 Å². The number of hydrogen-bond donors (Lipinski definition) is 2. The van der Waals surface area contributed by atoms with Crippen LogP contribution in [-0.2, 0) is 19.1 Å². The number of nitrogens with one attached hydrogen (secondary N) is 1. The van der Waals surface area contributed by atoms with Crippen LogP contribution < -0.4 is 11.1 Å². The number of fused-ring (bicyclic) bond motifs is 4. The number of piperazine rings is 1. The highest BCUT2D eigenvalue weighted by atomic mass is 16.6. The number of carbonyl (C=O) groups excluding carboxylic acids is 3. The molecule has 146 valence electrons. The SMILES string of the molecule is COC12[C@@H]3N[C@@H]3CN1C1=C(C(=O)C(N3CC3C#N)=C(C)C1=O)[C@@H]2COC(N)=O. The van der Waals surface area contributed by atoms with Crippen molar-refractivity contribution in [2.45, 2.75) is 30.8 Å². The second-order valence-corrected chi connectivity index (χ2v) is 7.69. The summed E-state index contributed by atoms with van der Waals surface area (Å²) in [5.41, 5.74) is 5.36. The number of nitrogens with two attached hydrogens (primary N) is 1. The second kappa shape index (κ2) is 5.33. The minimum atomic E-state index is -0.987. The van der Waals surface area contributed by atoms with Gasteiger partial charge in [0.05, 0.1) is 36.0 Å². The fourth-order valence-electron chi connectivity index (χ4n) is 5.12. The number of allylic oxidation sites excluding steroid dienone is 2. The number of rotatable bonds is 4. The molecule has 10 heteroatoms. The molecule has 0 bridgehead atoms. The molecule has 10 nitrogen and oxygen atoms in total. The minimum Gasteiger partial charge on any atom is -0.449 e. The molecule has 5 aliphatic rings. The van der Waals surface area contributed by atoms with E-state index in [4.69, 9.17) is 20.5 Å². The maximum absolute atomic E-state index is 13.5. The Morgan fingerprint density at radius 1 is 1.36 bits per heavy atom. The van der Waals surface area contributed by atoms with Crippen LogP contribution in [0, 0.1) is 17.2 Å². The number of nitrogens with zero attached hydrogens (tertiary/aromatic N) is 3. The lowest BCUT2D eigenvalue weighted by molar-refractivity contribution is -0.137. The Labute approximate surface area is 160 Å². The molecule has 3 N–H and O–H groups in total. The van der Waals surface area contributed by atoms with E-state index in [-0.39, 0.29) is 41.5 Å². The van der Waals surface area contributed by atoms with Crippen molar-refractivity contribution in [2.75, 3.05) is 26.8 Å². The van der Waals surface area contributed by atoms with Gasteiger partial charge < -0.3 is 30.3 Å². The fraction of sp³-hybridized carbons (Fsp3) is 0.556. The van der Waals surface area contributed by atoms with E-state index in [1.807, 2.05) is 4.90 Å². The molecule has 0 aromatic rings. The Morgan fingerprint density at radius 3 is 2.71 bits per heavy atom. The number of amides is 1. The van der Waals surface area contributed by atoms with Crippen LogP contribution in [-0.4, -0.2) is 78.1 Å². The molecule has 4 heterocycles. The highest BCUT2D eigenvalue weighted by molar-refractivity contribution is 6.25. The van der Waals surface area contributed by atoms with Crippen LogP contribution in [0.2, 0.25) is 0 Å². The summed E-state index contributed by atoms with van der Waals surface area (Å²) in [4.78, 5) is 41.5. The Hall–Kier alpha value is -2.90. The van der Waals surface area contributed by atoms with Crippen molar-refractivity contribution in [1.29, 1.82) is 5.26 Å². The molecule has 0 saturated carbocycles. The third-order valence-electron chi connectivity index (χ3n) is 6.44. The van der Waals surface area contributed by atoms with Crippen LogP contribution in [0.4, 0.5) is 4.79 Å². The van der Waals surface area contributed by atoms with Gasteiger partial charge in [0, 0.05) is 30.8 Å². The van der Waals surface area contributed by atoms with Gasteiger partial charge in [-0.2, -0.15) is 5.26 Å². The lowest BCUT2D eigenvalue weighted by atomic mass is 9.82. The first-order valence-corrected chi connectivity index (χ1v) is 9.08. The van der Waals surface area contributed by atoms with Crippen LogP contribution in [0.3, 0.4) is 0 Å². The average Bonchev–Trinajstić information content (AvgIpc) is 3.55. The van der Waals surface area contributed by atoms with Gasteiger partial charge in [0.1, 0.15) is 12.6 Å².